The third kappa shape index (κ3) is 14.4. The average Bonchev–Trinajstić information content (AvgIpc) is 3.30. The number of hydrogen-bond acceptors (Lipinski definition) is 24. The van der Waals surface area contributed by atoms with E-state index in [0.717, 1.165) is 33.1 Å². The van der Waals surface area contributed by atoms with E-state index < -0.39 is 172 Å². The Morgan fingerprint density at radius 3 is 1.91 bits per heavy atom. The van der Waals surface area contributed by atoms with Crippen LogP contribution in [-0.4, -0.2) is 242 Å². The largest absolute Gasteiger partial charge is 0.477 e. The summed E-state index contributed by atoms with van der Waals surface area (Å²) in [7, 11) is 1.32. The van der Waals surface area contributed by atoms with Crippen molar-refractivity contribution in [1.82, 2.24) is 10.6 Å². The molecule has 68 heavy (non-hydrogen) atoms. The minimum Gasteiger partial charge on any atom is -0.477 e. The van der Waals surface area contributed by atoms with E-state index >= 15 is 0 Å². The molecule has 0 aromatic rings. The molecule has 4 aliphatic heterocycles. The number of carboxylic acids is 1. The fourth-order valence-electron chi connectivity index (χ4n) is 8.54. The third-order valence-corrected chi connectivity index (χ3v) is 12.3. The number of carbonyl (C=O) groups excluding carboxylic acids is 3. The number of aliphatic hydroxyl groups excluding tert-OH is 10. The average molecular weight is 990 g/mol. The highest BCUT2D eigenvalue weighted by molar-refractivity contribution is 5.77. The molecule has 0 spiro atoms. The molecule has 0 radical (unpaired) electrons. The van der Waals surface area contributed by atoms with E-state index in [1.807, 2.05) is 0 Å². The lowest BCUT2D eigenvalue weighted by atomic mass is 9.88. The van der Waals surface area contributed by atoms with Crippen molar-refractivity contribution in [2.75, 3.05) is 33.5 Å². The van der Waals surface area contributed by atoms with Crippen LogP contribution in [-0.2, 0) is 61.8 Å². The van der Waals surface area contributed by atoms with Crippen LogP contribution in [0.5, 0.6) is 0 Å². The summed E-state index contributed by atoms with van der Waals surface area (Å²) in [5.74, 6) is -6.88. The van der Waals surface area contributed by atoms with Crippen molar-refractivity contribution in [3.8, 4) is 0 Å². The molecule has 4 saturated heterocycles. The molecule has 27 heteroatoms. The van der Waals surface area contributed by atoms with Crippen LogP contribution in [0.25, 0.3) is 0 Å². The van der Waals surface area contributed by atoms with Gasteiger partial charge in [-0.1, -0.05) is 25.7 Å². The number of nitrogens with two attached hydrogens (primary N) is 1. The number of methoxy groups -OCH3 is 1. The van der Waals surface area contributed by atoms with Gasteiger partial charge in [-0.2, -0.15) is 0 Å². The summed E-state index contributed by atoms with van der Waals surface area (Å²) in [4.78, 5) is 49.4. The maximum Gasteiger partial charge on any atom is 0.364 e. The normalized spacial score (nSPS) is 39.6. The number of carbonyl (C=O) groups is 4. The summed E-state index contributed by atoms with van der Waals surface area (Å²) in [6, 6.07) is -4.47. The second-order valence-electron chi connectivity index (χ2n) is 17.4. The molecule has 4 rings (SSSR count). The van der Waals surface area contributed by atoms with E-state index in [4.69, 9.17) is 43.6 Å². The quantitative estimate of drug-likeness (QED) is 0.0316. The number of unbranched alkanes of at least 4 members (excludes halogenated alkanes) is 5. The maximum atomic E-state index is 13.1. The number of carboxylic acid groups (broad SMARTS) is 1. The van der Waals surface area contributed by atoms with Gasteiger partial charge in [0, 0.05) is 33.3 Å². The predicted octanol–water partition coefficient (Wildman–Crippen LogP) is -6.33. The van der Waals surface area contributed by atoms with Crippen LogP contribution in [0.3, 0.4) is 0 Å². The van der Waals surface area contributed by atoms with Gasteiger partial charge in [0.2, 0.25) is 11.8 Å². The first-order chi connectivity index (χ1) is 32.1. The Labute approximate surface area is 391 Å². The Morgan fingerprint density at radius 2 is 1.32 bits per heavy atom. The molecular weight excluding hydrogens is 918 g/mol. The Bertz CT molecular complexity index is 1600. The zero-order chi connectivity index (χ0) is 50.6. The molecule has 0 aliphatic carbocycles. The van der Waals surface area contributed by atoms with Crippen molar-refractivity contribution in [1.29, 1.82) is 0 Å². The molecule has 15 N–H and O–H groups in total. The van der Waals surface area contributed by atoms with Gasteiger partial charge in [-0.25, -0.2) is 4.79 Å². The van der Waals surface area contributed by atoms with Crippen molar-refractivity contribution >= 4 is 23.8 Å². The zero-order valence-electron chi connectivity index (χ0n) is 38.3. The summed E-state index contributed by atoms with van der Waals surface area (Å²) in [5.41, 5.74) is 6.22. The molecule has 0 saturated carbocycles. The van der Waals surface area contributed by atoms with E-state index in [-0.39, 0.29) is 12.6 Å². The molecule has 4 fully saturated rings. The van der Waals surface area contributed by atoms with Crippen molar-refractivity contribution in [3.63, 3.8) is 0 Å². The van der Waals surface area contributed by atoms with Crippen LogP contribution >= 0.6 is 0 Å². The molecule has 15 unspecified atom stereocenters. The first kappa shape index (κ1) is 57.7. The van der Waals surface area contributed by atoms with E-state index in [2.05, 4.69) is 15.4 Å². The smallest absolute Gasteiger partial charge is 0.364 e. The van der Waals surface area contributed by atoms with Gasteiger partial charge in [-0.3, -0.25) is 14.4 Å². The molecule has 0 aromatic carbocycles. The summed E-state index contributed by atoms with van der Waals surface area (Å²) in [6.45, 7) is 0.674. The lowest BCUT2D eigenvalue weighted by Gasteiger charge is -2.52. The molecule has 4 aliphatic rings. The predicted molar refractivity (Wildman–Crippen MR) is 223 cm³/mol. The van der Waals surface area contributed by atoms with E-state index in [9.17, 15) is 75.3 Å². The van der Waals surface area contributed by atoms with Gasteiger partial charge in [-0.15, -0.1) is 0 Å². The second-order valence-corrected chi connectivity index (χ2v) is 17.4. The number of aliphatic carboxylic acids is 1. The van der Waals surface area contributed by atoms with Crippen LogP contribution in [0.2, 0.25) is 0 Å². The van der Waals surface area contributed by atoms with Crippen LogP contribution in [0.4, 0.5) is 0 Å². The van der Waals surface area contributed by atoms with E-state index in [1.165, 1.54) is 14.0 Å². The Hall–Kier alpha value is -2.88. The van der Waals surface area contributed by atoms with Gasteiger partial charge < -0.3 is 115 Å². The number of ether oxygens (including phenoxy) is 9. The van der Waals surface area contributed by atoms with Gasteiger partial charge in [0.15, 0.2) is 18.9 Å². The third-order valence-electron chi connectivity index (χ3n) is 12.3. The molecular formula is C41H71N3O24. The first-order valence-corrected chi connectivity index (χ1v) is 22.6. The summed E-state index contributed by atoms with van der Waals surface area (Å²) in [5, 5.41) is 123. The molecule has 21 atom stereocenters. The van der Waals surface area contributed by atoms with E-state index in [0.29, 0.717) is 25.7 Å². The Morgan fingerprint density at radius 1 is 0.735 bits per heavy atom. The van der Waals surface area contributed by atoms with Gasteiger partial charge in [0.25, 0.3) is 5.79 Å². The van der Waals surface area contributed by atoms with Gasteiger partial charge in [-0.05, 0) is 19.8 Å². The highest BCUT2D eigenvalue weighted by atomic mass is 16.8. The Kier molecular flexibility index (Phi) is 22.5. The number of amides is 2. The number of aliphatic hydroxyl groups is 10. The summed E-state index contributed by atoms with van der Waals surface area (Å²) in [6.07, 6.45) is -27.0. The lowest BCUT2D eigenvalue weighted by Crippen LogP contribution is -2.72. The summed E-state index contributed by atoms with van der Waals surface area (Å²) >= 11 is 0. The van der Waals surface area contributed by atoms with Crippen molar-refractivity contribution in [2.45, 2.75) is 200 Å². The van der Waals surface area contributed by atoms with Gasteiger partial charge in [0.1, 0.15) is 79.3 Å². The number of esters is 1. The van der Waals surface area contributed by atoms with Gasteiger partial charge in [0.05, 0.1) is 51.2 Å². The second kappa shape index (κ2) is 26.5. The molecule has 0 aromatic heterocycles. The molecule has 0 bridgehead atoms. The first-order valence-electron chi connectivity index (χ1n) is 22.6. The van der Waals surface area contributed by atoms with E-state index in [1.54, 1.807) is 0 Å². The Balaban J connectivity index is 1.69. The number of hydrogen-bond donors (Lipinski definition) is 14. The minimum atomic E-state index is -3.12. The minimum absolute atomic E-state index is 0.0334. The van der Waals surface area contributed by atoms with Crippen molar-refractivity contribution in [2.24, 2.45) is 5.73 Å². The standard InChI is InChI=1S/C41H71N3O24/c1-17-28(53)31(56)25(42)37(62-17)65-33-23(16-47)64-38(61-12-10-8-6-5-7-9-11-24(52)60-4)27(44-19(3)49)35(33)66-39-32(57)36(30(55)22(15-46)63-39)68-41(40(58)59)13-20(50)26(43-18(2)48)34(67-41)29(54)21(51)14-45/h17,20-23,25-39,45-47,50-51,53-57H,5-16,42H2,1-4H3,(H,43,48)(H,44,49)(H,58,59)/t17?,20?,21?,22?,23?,25?,26-,27?,28-,29?,30+,31?,32?,33?,34?,35-,36?,37+,38?,39?,41+/m1/s1. The molecule has 27 nitrogen and oxygen atoms in total. The fraction of sp³-hybridized carbons (Fsp3) is 0.902. The monoisotopic (exact) mass is 989 g/mol. The summed E-state index contributed by atoms with van der Waals surface area (Å²) < 4.78 is 52.6. The van der Waals surface area contributed by atoms with Crippen LogP contribution in [0, 0.1) is 0 Å². The van der Waals surface area contributed by atoms with Gasteiger partial charge >= 0.3 is 11.9 Å². The molecule has 2 amide bonds. The molecule has 394 valence electrons. The zero-order valence-corrected chi connectivity index (χ0v) is 38.3. The number of rotatable bonds is 24. The van der Waals surface area contributed by atoms with Crippen LogP contribution in [0.1, 0.15) is 72.1 Å². The van der Waals surface area contributed by atoms with Crippen molar-refractivity contribution < 1.29 is 118 Å². The highest BCUT2D eigenvalue weighted by Gasteiger charge is 2.61. The SMILES string of the molecule is COC(=O)CCCCCCCCOC1OC(CO)C(O[C@@H]2OC(C)[C@@H](O)C(O)C2N)[C@H](OC2OC(CO)[C@H](O)C(O[C@]3(C(=O)O)CC(O)[C@@H](NC(C)=O)C(C(O)C(O)CO)O3)C2O)C1NC(C)=O. The topological polar surface area (TPSA) is 424 Å². The maximum absolute atomic E-state index is 13.1. The fourth-order valence-corrected chi connectivity index (χ4v) is 8.54. The molecule has 4 heterocycles. The lowest BCUT2D eigenvalue weighted by molar-refractivity contribution is -0.387. The van der Waals surface area contributed by atoms with Crippen LogP contribution < -0.4 is 16.4 Å². The van der Waals surface area contributed by atoms with Crippen LogP contribution in [0.15, 0.2) is 0 Å². The number of nitrogens with one attached hydrogen (secondary N) is 2. The highest BCUT2D eigenvalue weighted by Crippen LogP contribution is 2.39. The van der Waals surface area contributed by atoms with Crippen molar-refractivity contribution in [3.05, 3.63) is 0 Å².